The Morgan fingerprint density at radius 1 is 1.48 bits per heavy atom. The van der Waals surface area contributed by atoms with Gasteiger partial charge >= 0.3 is 5.97 Å². The van der Waals surface area contributed by atoms with Crippen LogP contribution in [0.2, 0.25) is 0 Å². The minimum atomic E-state index is -0.415. The SMILES string of the molecule is CCOC(=O)c1cc(N)cnc1NCc1sccc1CC. The van der Waals surface area contributed by atoms with Crippen molar-refractivity contribution in [1.29, 1.82) is 0 Å². The molecule has 0 bridgehead atoms. The zero-order chi connectivity index (χ0) is 15.2. The second kappa shape index (κ2) is 7.08. The number of nitrogens with two attached hydrogens (primary N) is 1. The molecule has 112 valence electrons. The maximum Gasteiger partial charge on any atom is 0.341 e. The number of anilines is 2. The smallest absolute Gasteiger partial charge is 0.341 e. The Morgan fingerprint density at radius 3 is 3.00 bits per heavy atom. The van der Waals surface area contributed by atoms with Gasteiger partial charge in [0.15, 0.2) is 0 Å². The highest BCUT2D eigenvalue weighted by Gasteiger charge is 2.15. The van der Waals surface area contributed by atoms with Crippen molar-refractivity contribution in [2.45, 2.75) is 26.8 Å². The van der Waals surface area contributed by atoms with Crippen molar-refractivity contribution in [2.75, 3.05) is 17.7 Å². The number of rotatable bonds is 6. The average molecular weight is 305 g/mol. The lowest BCUT2D eigenvalue weighted by Gasteiger charge is -2.11. The first-order valence-electron chi connectivity index (χ1n) is 6.87. The van der Waals surface area contributed by atoms with E-state index in [4.69, 9.17) is 10.5 Å². The molecular weight excluding hydrogens is 286 g/mol. The number of carbonyl (C=O) groups excluding carboxylic acids is 1. The minimum absolute atomic E-state index is 0.317. The summed E-state index contributed by atoms with van der Waals surface area (Å²) in [7, 11) is 0. The fourth-order valence-corrected chi connectivity index (χ4v) is 2.90. The molecule has 21 heavy (non-hydrogen) atoms. The van der Waals surface area contributed by atoms with Gasteiger partial charge in [-0.05, 0) is 36.4 Å². The number of hydrogen-bond acceptors (Lipinski definition) is 6. The van der Waals surface area contributed by atoms with Crippen LogP contribution in [0.3, 0.4) is 0 Å². The van der Waals surface area contributed by atoms with E-state index in [1.165, 1.54) is 16.6 Å². The molecule has 0 unspecified atom stereocenters. The van der Waals surface area contributed by atoms with Crippen LogP contribution in [0.5, 0.6) is 0 Å². The zero-order valence-corrected chi connectivity index (χ0v) is 13.0. The van der Waals surface area contributed by atoms with E-state index in [1.54, 1.807) is 24.3 Å². The summed E-state index contributed by atoms with van der Waals surface area (Å²) in [4.78, 5) is 17.4. The third-order valence-electron chi connectivity index (χ3n) is 3.04. The zero-order valence-electron chi connectivity index (χ0n) is 12.2. The number of pyridine rings is 1. The number of aryl methyl sites for hydroxylation is 1. The van der Waals surface area contributed by atoms with Gasteiger partial charge < -0.3 is 15.8 Å². The highest BCUT2D eigenvalue weighted by Crippen LogP contribution is 2.21. The maximum atomic E-state index is 11.9. The predicted molar refractivity (Wildman–Crippen MR) is 85.6 cm³/mol. The van der Waals surface area contributed by atoms with Gasteiger partial charge in [0, 0.05) is 4.88 Å². The van der Waals surface area contributed by atoms with Gasteiger partial charge in [-0.15, -0.1) is 11.3 Å². The molecule has 6 heteroatoms. The van der Waals surface area contributed by atoms with Crippen LogP contribution >= 0.6 is 11.3 Å². The number of nitrogens with zero attached hydrogens (tertiary/aromatic N) is 1. The quantitative estimate of drug-likeness (QED) is 0.802. The standard InChI is InChI=1S/C15H19N3O2S/c1-3-10-5-6-21-13(10)9-18-14-12(15(19)20-4-2)7-11(16)8-17-14/h5-8H,3-4,9,16H2,1-2H3,(H,17,18). The number of esters is 1. The number of thiophene rings is 1. The van der Waals surface area contributed by atoms with Gasteiger partial charge in [0.25, 0.3) is 0 Å². The van der Waals surface area contributed by atoms with Gasteiger partial charge in [0.1, 0.15) is 11.4 Å². The summed E-state index contributed by atoms with van der Waals surface area (Å²) in [6.07, 6.45) is 2.51. The van der Waals surface area contributed by atoms with Crippen LogP contribution in [-0.4, -0.2) is 17.6 Å². The number of hydrogen-bond donors (Lipinski definition) is 2. The Hall–Kier alpha value is -2.08. The molecule has 0 amide bonds. The molecule has 0 fully saturated rings. The summed E-state index contributed by atoms with van der Waals surface area (Å²) in [5, 5.41) is 5.27. The van der Waals surface area contributed by atoms with E-state index in [1.807, 2.05) is 0 Å². The molecule has 0 radical (unpaired) electrons. The number of nitrogen functional groups attached to an aromatic ring is 1. The Kier molecular flexibility index (Phi) is 5.16. The van der Waals surface area contributed by atoms with E-state index >= 15 is 0 Å². The summed E-state index contributed by atoms with van der Waals surface area (Å²) >= 11 is 1.69. The number of carbonyl (C=O) groups is 1. The highest BCUT2D eigenvalue weighted by molar-refractivity contribution is 7.10. The van der Waals surface area contributed by atoms with Gasteiger partial charge in [-0.2, -0.15) is 0 Å². The van der Waals surface area contributed by atoms with Crippen molar-refractivity contribution < 1.29 is 9.53 Å². The molecule has 3 N–H and O–H groups in total. The Morgan fingerprint density at radius 2 is 2.29 bits per heavy atom. The topological polar surface area (TPSA) is 77.2 Å². The lowest BCUT2D eigenvalue weighted by Crippen LogP contribution is -2.12. The Balaban J connectivity index is 2.17. The Bertz CT molecular complexity index is 625. The summed E-state index contributed by atoms with van der Waals surface area (Å²) in [5.74, 6) is 0.0831. The fraction of sp³-hybridized carbons (Fsp3) is 0.333. The summed E-state index contributed by atoms with van der Waals surface area (Å²) < 4.78 is 5.03. The molecule has 0 aliphatic carbocycles. The maximum absolute atomic E-state index is 11.9. The minimum Gasteiger partial charge on any atom is -0.462 e. The lowest BCUT2D eigenvalue weighted by atomic mass is 10.2. The molecule has 0 aliphatic heterocycles. The first-order valence-corrected chi connectivity index (χ1v) is 7.75. The molecule has 0 aliphatic rings. The van der Waals surface area contributed by atoms with E-state index < -0.39 is 5.97 Å². The van der Waals surface area contributed by atoms with Gasteiger partial charge in [0.2, 0.25) is 0 Å². The second-order valence-electron chi connectivity index (χ2n) is 4.46. The van der Waals surface area contributed by atoms with Gasteiger partial charge in [0.05, 0.1) is 25.0 Å². The molecular formula is C15H19N3O2S. The van der Waals surface area contributed by atoms with E-state index in [0.717, 1.165) is 6.42 Å². The van der Waals surface area contributed by atoms with Crippen LogP contribution < -0.4 is 11.1 Å². The monoisotopic (exact) mass is 305 g/mol. The van der Waals surface area contributed by atoms with Crippen molar-refractivity contribution in [2.24, 2.45) is 0 Å². The molecule has 2 aromatic rings. The second-order valence-corrected chi connectivity index (χ2v) is 5.46. The van der Waals surface area contributed by atoms with E-state index in [9.17, 15) is 4.79 Å². The van der Waals surface area contributed by atoms with E-state index in [2.05, 4.69) is 28.7 Å². The van der Waals surface area contributed by atoms with Crippen molar-refractivity contribution in [1.82, 2.24) is 4.98 Å². The van der Waals surface area contributed by atoms with Crippen LogP contribution in [0, 0.1) is 0 Å². The van der Waals surface area contributed by atoms with Crippen LogP contribution in [0.15, 0.2) is 23.7 Å². The van der Waals surface area contributed by atoms with Crippen LogP contribution in [0.25, 0.3) is 0 Å². The van der Waals surface area contributed by atoms with Crippen LogP contribution in [0.4, 0.5) is 11.5 Å². The lowest BCUT2D eigenvalue weighted by molar-refractivity contribution is 0.0527. The van der Waals surface area contributed by atoms with Gasteiger partial charge in [-0.25, -0.2) is 9.78 Å². The normalized spacial score (nSPS) is 10.4. The molecule has 2 rings (SSSR count). The Labute approximate surface area is 128 Å². The molecule has 0 saturated carbocycles. The van der Waals surface area contributed by atoms with Crippen LogP contribution in [-0.2, 0) is 17.7 Å². The van der Waals surface area contributed by atoms with Gasteiger partial charge in [-0.3, -0.25) is 0 Å². The number of ether oxygens (including phenoxy) is 1. The molecule has 0 aromatic carbocycles. The third kappa shape index (κ3) is 3.72. The predicted octanol–water partition coefficient (Wildman–Crippen LogP) is 3.08. The molecule has 0 atom stereocenters. The number of aromatic nitrogens is 1. The van der Waals surface area contributed by atoms with Crippen molar-refractivity contribution in [3.8, 4) is 0 Å². The molecule has 0 spiro atoms. The summed E-state index contributed by atoms with van der Waals surface area (Å²) in [6.45, 7) is 4.84. The highest BCUT2D eigenvalue weighted by atomic mass is 32.1. The van der Waals surface area contributed by atoms with Gasteiger partial charge in [-0.1, -0.05) is 6.92 Å². The van der Waals surface area contributed by atoms with E-state index in [0.29, 0.717) is 30.2 Å². The first-order chi connectivity index (χ1) is 10.2. The van der Waals surface area contributed by atoms with Crippen LogP contribution in [0.1, 0.15) is 34.6 Å². The summed E-state index contributed by atoms with van der Waals surface area (Å²) in [5.41, 5.74) is 7.81. The summed E-state index contributed by atoms with van der Waals surface area (Å²) in [6, 6.07) is 3.70. The van der Waals surface area contributed by atoms with Crippen molar-refractivity contribution in [3.63, 3.8) is 0 Å². The molecule has 5 nitrogen and oxygen atoms in total. The molecule has 0 saturated heterocycles. The molecule has 2 heterocycles. The third-order valence-corrected chi connectivity index (χ3v) is 4.00. The molecule has 2 aromatic heterocycles. The van der Waals surface area contributed by atoms with Crippen molar-refractivity contribution >= 4 is 28.8 Å². The average Bonchev–Trinajstić information content (AvgIpc) is 2.93. The van der Waals surface area contributed by atoms with E-state index in [-0.39, 0.29) is 0 Å². The fourth-order valence-electron chi connectivity index (χ4n) is 1.99. The first kappa shape index (κ1) is 15.3. The van der Waals surface area contributed by atoms with Crippen molar-refractivity contribution in [3.05, 3.63) is 39.7 Å². The number of nitrogens with one attached hydrogen (secondary N) is 1. The largest absolute Gasteiger partial charge is 0.462 e.